The Kier molecular flexibility index (Phi) is 3.87. The molecule has 26 heavy (non-hydrogen) atoms. The van der Waals surface area contributed by atoms with Gasteiger partial charge in [0.1, 0.15) is 11.6 Å². The number of benzene rings is 2. The van der Waals surface area contributed by atoms with E-state index in [-0.39, 0.29) is 18.3 Å². The first kappa shape index (κ1) is 16.2. The van der Waals surface area contributed by atoms with Crippen LogP contribution in [0.25, 0.3) is 0 Å². The number of halogens is 1. The molecular weight excluding hydrogens is 339 g/mol. The fraction of sp³-hybridized carbons (Fsp3) is 0.222. The van der Waals surface area contributed by atoms with Crippen LogP contribution < -0.4 is 9.64 Å². The van der Waals surface area contributed by atoms with Crippen molar-refractivity contribution in [3.05, 3.63) is 59.9 Å². The Bertz CT molecular complexity index is 882. The molecule has 2 amide bonds. The summed E-state index contributed by atoms with van der Waals surface area (Å²) in [6.45, 7) is 0.264. The van der Waals surface area contributed by atoms with Gasteiger partial charge in [0.2, 0.25) is 0 Å². The lowest BCUT2D eigenvalue weighted by molar-refractivity contribution is -0.123. The van der Waals surface area contributed by atoms with Crippen LogP contribution in [0.4, 0.5) is 10.1 Å². The Morgan fingerprint density at radius 3 is 2.38 bits per heavy atom. The molecule has 0 aromatic heterocycles. The van der Waals surface area contributed by atoms with Crippen molar-refractivity contribution in [3.63, 3.8) is 0 Å². The average molecular weight is 354 g/mol. The van der Waals surface area contributed by atoms with Crippen LogP contribution in [0.2, 0.25) is 0 Å². The Hall–Kier alpha value is -3.29. The fourth-order valence-corrected chi connectivity index (χ4v) is 3.12. The molecule has 1 saturated heterocycles. The van der Waals surface area contributed by atoms with E-state index >= 15 is 0 Å². The van der Waals surface area contributed by atoms with Gasteiger partial charge in [0, 0.05) is 0 Å². The van der Waals surface area contributed by atoms with Gasteiger partial charge in [-0.3, -0.25) is 14.6 Å². The Morgan fingerprint density at radius 2 is 1.73 bits per heavy atom. The summed E-state index contributed by atoms with van der Waals surface area (Å²) in [5.74, 6) is -0.494. The number of methoxy groups -OCH3 is 1. The van der Waals surface area contributed by atoms with E-state index < -0.39 is 18.0 Å². The number of carbonyl (C=O) groups excluding carboxylic acids is 2. The van der Waals surface area contributed by atoms with E-state index in [2.05, 4.69) is 10.3 Å². The van der Waals surface area contributed by atoms with Gasteiger partial charge in [0.05, 0.1) is 19.3 Å². The molecule has 7 nitrogen and oxygen atoms in total. The largest absolute Gasteiger partial charge is 0.497 e. The number of fused-ring (bicyclic) bond motifs is 1. The zero-order valence-electron chi connectivity index (χ0n) is 13.9. The lowest BCUT2D eigenvalue weighted by Crippen LogP contribution is -2.39. The van der Waals surface area contributed by atoms with Gasteiger partial charge in [0.15, 0.2) is 12.1 Å². The van der Waals surface area contributed by atoms with Crippen LogP contribution in [0.1, 0.15) is 5.56 Å². The van der Waals surface area contributed by atoms with Gasteiger partial charge in [-0.1, -0.05) is 17.4 Å². The van der Waals surface area contributed by atoms with Crippen LogP contribution in [0.3, 0.4) is 0 Å². The molecule has 0 bridgehead atoms. The summed E-state index contributed by atoms with van der Waals surface area (Å²) in [7, 11) is 1.54. The Labute approximate surface area is 148 Å². The quantitative estimate of drug-likeness (QED) is 0.790. The van der Waals surface area contributed by atoms with Crippen LogP contribution in [-0.4, -0.2) is 36.0 Å². The molecule has 2 aromatic carbocycles. The van der Waals surface area contributed by atoms with Crippen molar-refractivity contribution in [1.82, 2.24) is 5.01 Å². The first-order valence-electron chi connectivity index (χ1n) is 8.02. The maximum atomic E-state index is 13.1. The minimum absolute atomic E-state index is 0.264. The molecule has 132 valence electrons. The average Bonchev–Trinajstić information content (AvgIpc) is 3.17. The third-order valence-corrected chi connectivity index (χ3v) is 4.45. The normalized spacial score (nSPS) is 21.5. The topological polar surface area (TPSA) is 74.6 Å². The summed E-state index contributed by atoms with van der Waals surface area (Å²) in [6.07, 6.45) is 0. The number of anilines is 1. The second kappa shape index (κ2) is 6.21. The molecule has 4 rings (SSSR count). The molecule has 0 aliphatic carbocycles. The molecule has 0 radical (unpaired) electrons. The number of hydrogen-bond acceptors (Lipinski definition) is 6. The standard InChI is InChI=1S/C18H15FN4O3/c1-26-14-8-6-13(7-9-14)23-17(24)15-16(18(23)25)22(21-20-15)10-11-2-4-12(19)5-3-11/h2-9,15-16H,10H2,1H3/t15-,16+/m1/s1. The van der Waals surface area contributed by atoms with Gasteiger partial charge in [-0.05, 0) is 42.0 Å². The first-order valence-corrected chi connectivity index (χ1v) is 8.02. The molecule has 2 aromatic rings. The predicted octanol–water partition coefficient (Wildman–Crippen LogP) is 2.33. The minimum Gasteiger partial charge on any atom is -0.497 e. The third-order valence-electron chi connectivity index (χ3n) is 4.45. The van der Waals surface area contributed by atoms with Crippen LogP contribution in [-0.2, 0) is 16.1 Å². The minimum atomic E-state index is -0.856. The van der Waals surface area contributed by atoms with E-state index in [1.165, 1.54) is 17.1 Å². The van der Waals surface area contributed by atoms with Crippen molar-refractivity contribution < 1.29 is 18.7 Å². The zero-order chi connectivity index (χ0) is 18.3. The lowest BCUT2D eigenvalue weighted by Gasteiger charge is -2.20. The molecule has 2 aliphatic heterocycles. The van der Waals surface area contributed by atoms with Crippen LogP contribution in [0.5, 0.6) is 5.75 Å². The van der Waals surface area contributed by atoms with E-state index in [9.17, 15) is 14.0 Å². The number of amides is 2. The second-order valence-corrected chi connectivity index (χ2v) is 6.03. The molecule has 0 N–H and O–H groups in total. The van der Waals surface area contributed by atoms with Gasteiger partial charge in [-0.2, -0.15) is 5.11 Å². The molecule has 0 unspecified atom stereocenters. The molecule has 0 spiro atoms. The molecule has 0 saturated carbocycles. The third kappa shape index (κ3) is 2.59. The highest BCUT2D eigenvalue weighted by molar-refractivity contribution is 6.25. The number of ether oxygens (including phenoxy) is 1. The fourth-order valence-electron chi connectivity index (χ4n) is 3.12. The first-order chi connectivity index (χ1) is 12.6. The monoisotopic (exact) mass is 354 g/mol. The molecule has 2 atom stereocenters. The van der Waals surface area contributed by atoms with E-state index in [0.717, 1.165) is 10.5 Å². The predicted molar refractivity (Wildman–Crippen MR) is 89.9 cm³/mol. The molecular formula is C18H15FN4O3. The van der Waals surface area contributed by atoms with E-state index in [4.69, 9.17) is 4.74 Å². The van der Waals surface area contributed by atoms with Crippen LogP contribution in [0, 0.1) is 5.82 Å². The number of rotatable bonds is 4. The van der Waals surface area contributed by atoms with Crippen molar-refractivity contribution in [3.8, 4) is 5.75 Å². The summed E-state index contributed by atoms with van der Waals surface area (Å²) in [5.41, 5.74) is 1.24. The van der Waals surface area contributed by atoms with Gasteiger partial charge in [-0.15, -0.1) is 0 Å². The zero-order valence-corrected chi connectivity index (χ0v) is 13.9. The summed E-state index contributed by atoms with van der Waals surface area (Å²) in [5, 5.41) is 9.42. The summed E-state index contributed by atoms with van der Waals surface area (Å²) in [6, 6.07) is 10.9. The van der Waals surface area contributed by atoms with Crippen LogP contribution >= 0.6 is 0 Å². The van der Waals surface area contributed by atoms with Crippen molar-refractivity contribution in [1.29, 1.82) is 0 Å². The molecule has 8 heteroatoms. The molecule has 2 heterocycles. The van der Waals surface area contributed by atoms with E-state index in [1.54, 1.807) is 43.5 Å². The summed E-state index contributed by atoms with van der Waals surface area (Å²) < 4.78 is 18.1. The number of nitrogens with zero attached hydrogens (tertiary/aromatic N) is 4. The van der Waals surface area contributed by atoms with Crippen molar-refractivity contribution in [2.24, 2.45) is 10.3 Å². The smallest absolute Gasteiger partial charge is 0.263 e. The van der Waals surface area contributed by atoms with Crippen LogP contribution in [0.15, 0.2) is 58.9 Å². The van der Waals surface area contributed by atoms with Crippen molar-refractivity contribution >= 4 is 17.5 Å². The Morgan fingerprint density at radius 1 is 1.04 bits per heavy atom. The summed E-state index contributed by atoms with van der Waals surface area (Å²) >= 11 is 0. The van der Waals surface area contributed by atoms with E-state index in [0.29, 0.717) is 11.4 Å². The van der Waals surface area contributed by atoms with Gasteiger partial charge in [0.25, 0.3) is 11.8 Å². The maximum absolute atomic E-state index is 13.1. The maximum Gasteiger partial charge on any atom is 0.263 e. The summed E-state index contributed by atoms with van der Waals surface area (Å²) in [4.78, 5) is 26.6. The van der Waals surface area contributed by atoms with Gasteiger partial charge < -0.3 is 4.74 Å². The lowest BCUT2D eigenvalue weighted by atomic mass is 10.1. The van der Waals surface area contributed by atoms with E-state index in [1.807, 2.05) is 0 Å². The number of imide groups is 1. The molecule has 1 fully saturated rings. The van der Waals surface area contributed by atoms with Crippen molar-refractivity contribution in [2.75, 3.05) is 12.0 Å². The number of hydrogen-bond donors (Lipinski definition) is 0. The highest BCUT2D eigenvalue weighted by Crippen LogP contribution is 2.33. The Balaban J connectivity index is 1.57. The number of carbonyl (C=O) groups is 2. The van der Waals surface area contributed by atoms with Gasteiger partial charge in [-0.25, -0.2) is 9.29 Å². The highest BCUT2D eigenvalue weighted by Gasteiger charge is 2.54. The second-order valence-electron chi connectivity index (χ2n) is 6.03. The van der Waals surface area contributed by atoms with Gasteiger partial charge >= 0.3 is 0 Å². The highest BCUT2D eigenvalue weighted by atomic mass is 19.1. The van der Waals surface area contributed by atoms with Crippen molar-refractivity contribution in [2.45, 2.75) is 18.6 Å². The molecule has 2 aliphatic rings. The SMILES string of the molecule is COc1ccc(N2C(=O)[C@@H]3[C@@H](N=NN3Cc3ccc(F)cc3)C2=O)cc1.